The molecule has 0 bridgehead atoms. The SMILES string of the molecule is Cc1ccc2c(c1)c(C#N)c(-c1ccc(S(=O)(=O)NC(C)C(F)(F)F)cn1)n2-c1ncc(F)cn1. The van der Waals surface area contributed by atoms with Crippen molar-refractivity contribution in [1.82, 2.24) is 24.2 Å². The molecule has 1 atom stereocenters. The van der Waals surface area contributed by atoms with Crippen molar-refractivity contribution in [2.75, 3.05) is 0 Å². The lowest BCUT2D eigenvalue weighted by atomic mass is 10.1. The molecule has 0 saturated carbocycles. The van der Waals surface area contributed by atoms with Gasteiger partial charge in [-0.15, -0.1) is 0 Å². The Bertz CT molecular complexity index is 1560. The van der Waals surface area contributed by atoms with Crippen molar-refractivity contribution in [3.05, 3.63) is 65.9 Å². The summed E-state index contributed by atoms with van der Waals surface area (Å²) in [6.07, 6.45) is -1.97. The summed E-state index contributed by atoms with van der Waals surface area (Å²) in [4.78, 5) is 11.6. The number of nitrogens with zero attached hydrogens (tertiary/aromatic N) is 5. The quantitative estimate of drug-likeness (QED) is 0.411. The highest BCUT2D eigenvalue weighted by Gasteiger charge is 2.39. The van der Waals surface area contributed by atoms with Crippen LogP contribution in [0.1, 0.15) is 18.1 Å². The highest BCUT2D eigenvalue weighted by Crippen LogP contribution is 2.35. The van der Waals surface area contributed by atoms with Crippen LogP contribution in [0.4, 0.5) is 17.6 Å². The minimum Gasteiger partial charge on any atom is -0.275 e. The number of pyridine rings is 1. The molecule has 35 heavy (non-hydrogen) atoms. The van der Waals surface area contributed by atoms with Crippen LogP contribution in [0.5, 0.6) is 0 Å². The molecule has 0 fully saturated rings. The predicted octanol–water partition coefficient (Wildman–Crippen LogP) is 4.03. The van der Waals surface area contributed by atoms with E-state index in [0.29, 0.717) is 17.8 Å². The molecule has 1 unspecified atom stereocenters. The average molecular weight is 504 g/mol. The molecule has 4 rings (SSSR count). The van der Waals surface area contributed by atoms with Crippen LogP contribution >= 0.6 is 0 Å². The standard InChI is InChI=1S/C22H16F4N6O2S/c1-12-3-6-19-16(7-12)17(8-27)20(32(19)21-29-9-14(23)10-30-21)18-5-4-15(11-28-18)35(33,34)31-13(2)22(24,25)26/h3-7,9-11,13,31H,1-2H3. The summed E-state index contributed by atoms with van der Waals surface area (Å²) < 4.78 is 79.7. The number of halogens is 4. The number of alkyl halides is 3. The summed E-state index contributed by atoms with van der Waals surface area (Å²) in [5, 5.41) is 10.5. The lowest BCUT2D eigenvalue weighted by molar-refractivity contribution is -0.147. The van der Waals surface area contributed by atoms with E-state index < -0.39 is 33.0 Å². The van der Waals surface area contributed by atoms with E-state index >= 15 is 0 Å². The number of rotatable bonds is 5. The smallest absolute Gasteiger partial charge is 0.275 e. The van der Waals surface area contributed by atoms with Crippen LogP contribution in [-0.4, -0.2) is 40.2 Å². The van der Waals surface area contributed by atoms with E-state index in [1.165, 1.54) is 10.6 Å². The number of hydrogen-bond donors (Lipinski definition) is 1. The zero-order valence-electron chi connectivity index (χ0n) is 18.2. The molecule has 0 aliphatic carbocycles. The maximum Gasteiger partial charge on any atom is 0.404 e. The maximum absolute atomic E-state index is 13.5. The first-order chi connectivity index (χ1) is 16.4. The molecular weight excluding hydrogens is 488 g/mol. The Kier molecular flexibility index (Phi) is 6.04. The van der Waals surface area contributed by atoms with Gasteiger partial charge in [0.15, 0.2) is 5.82 Å². The third-order valence-corrected chi connectivity index (χ3v) is 6.68. The molecule has 4 aromatic rings. The molecule has 3 heterocycles. The monoisotopic (exact) mass is 504 g/mol. The van der Waals surface area contributed by atoms with Crippen molar-refractivity contribution in [3.63, 3.8) is 0 Å². The Balaban J connectivity index is 1.88. The number of nitrogens with one attached hydrogen (secondary N) is 1. The van der Waals surface area contributed by atoms with Crippen molar-refractivity contribution in [2.24, 2.45) is 0 Å². The Morgan fingerprint density at radius 2 is 1.77 bits per heavy atom. The van der Waals surface area contributed by atoms with Gasteiger partial charge in [-0.25, -0.2) is 22.8 Å². The number of benzene rings is 1. The van der Waals surface area contributed by atoms with Crippen LogP contribution in [0.15, 0.2) is 53.8 Å². The highest BCUT2D eigenvalue weighted by molar-refractivity contribution is 7.89. The van der Waals surface area contributed by atoms with Crippen LogP contribution in [0.25, 0.3) is 28.2 Å². The zero-order valence-corrected chi connectivity index (χ0v) is 19.0. The number of nitriles is 1. The van der Waals surface area contributed by atoms with E-state index in [1.807, 2.05) is 6.92 Å². The molecular formula is C22H16F4N6O2S. The third-order valence-electron chi connectivity index (χ3n) is 5.15. The van der Waals surface area contributed by atoms with Crippen LogP contribution in [0, 0.1) is 24.1 Å². The van der Waals surface area contributed by atoms with E-state index in [4.69, 9.17) is 0 Å². The number of fused-ring (bicyclic) bond motifs is 1. The summed E-state index contributed by atoms with van der Waals surface area (Å²) in [7, 11) is -4.53. The van der Waals surface area contributed by atoms with Gasteiger partial charge in [-0.1, -0.05) is 11.6 Å². The number of aromatic nitrogens is 4. The number of aryl methyl sites for hydroxylation is 1. The third kappa shape index (κ3) is 4.58. The molecule has 0 saturated heterocycles. The largest absolute Gasteiger partial charge is 0.404 e. The van der Waals surface area contributed by atoms with E-state index in [1.54, 1.807) is 22.9 Å². The number of sulfonamides is 1. The van der Waals surface area contributed by atoms with E-state index in [0.717, 1.165) is 30.2 Å². The van der Waals surface area contributed by atoms with Gasteiger partial charge >= 0.3 is 6.18 Å². The molecule has 8 nitrogen and oxygen atoms in total. The van der Waals surface area contributed by atoms with Crippen molar-refractivity contribution in [1.29, 1.82) is 5.26 Å². The van der Waals surface area contributed by atoms with Gasteiger partial charge in [0.2, 0.25) is 16.0 Å². The summed E-state index contributed by atoms with van der Waals surface area (Å²) in [5.41, 5.74) is 1.90. The molecule has 0 aliphatic rings. The minimum atomic E-state index is -4.77. The Hall–Kier alpha value is -3.89. The fourth-order valence-corrected chi connectivity index (χ4v) is 4.61. The van der Waals surface area contributed by atoms with Crippen molar-refractivity contribution in [2.45, 2.75) is 31.0 Å². The molecule has 3 aromatic heterocycles. The fraction of sp³-hybridized carbons (Fsp3) is 0.182. The van der Waals surface area contributed by atoms with Gasteiger partial charge in [-0.3, -0.25) is 9.55 Å². The summed E-state index contributed by atoms with van der Waals surface area (Å²) in [5.74, 6) is -0.632. The predicted molar refractivity (Wildman–Crippen MR) is 117 cm³/mol. The normalized spacial score (nSPS) is 13.1. The van der Waals surface area contributed by atoms with Crippen molar-refractivity contribution >= 4 is 20.9 Å². The first-order valence-corrected chi connectivity index (χ1v) is 11.5. The molecule has 1 aromatic carbocycles. The fourth-order valence-electron chi connectivity index (χ4n) is 3.44. The molecule has 0 spiro atoms. The first kappa shape index (κ1) is 24.2. The summed E-state index contributed by atoms with van der Waals surface area (Å²) in [6.45, 7) is 2.51. The highest BCUT2D eigenvalue weighted by atomic mass is 32.2. The van der Waals surface area contributed by atoms with Crippen LogP contribution in [0.2, 0.25) is 0 Å². The second kappa shape index (κ2) is 8.71. The topological polar surface area (TPSA) is 114 Å². The Labute approximate surface area is 196 Å². The summed E-state index contributed by atoms with van der Waals surface area (Å²) in [6, 6.07) is 7.42. The van der Waals surface area contributed by atoms with Gasteiger partial charge in [0, 0.05) is 11.6 Å². The zero-order chi connectivity index (χ0) is 25.5. The second-order valence-corrected chi connectivity index (χ2v) is 9.37. The number of hydrogen-bond acceptors (Lipinski definition) is 6. The molecule has 1 N–H and O–H groups in total. The lowest BCUT2D eigenvalue weighted by Crippen LogP contribution is -2.42. The van der Waals surface area contributed by atoms with Gasteiger partial charge in [0.05, 0.1) is 34.9 Å². The maximum atomic E-state index is 13.5. The van der Waals surface area contributed by atoms with E-state index in [2.05, 4.69) is 21.0 Å². The molecule has 0 radical (unpaired) electrons. The van der Waals surface area contributed by atoms with Crippen LogP contribution in [0.3, 0.4) is 0 Å². The van der Waals surface area contributed by atoms with Crippen molar-refractivity contribution in [3.8, 4) is 23.4 Å². The Morgan fingerprint density at radius 3 is 2.34 bits per heavy atom. The average Bonchev–Trinajstić information content (AvgIpc) is 3.12. The molecule has 180 valence electrons. The van der Waals surface area contributed by atoms with E-state index in [-0.39, 0.29) is 22.9 Å². The second-order valence-electron chi connectivity index (χ2n) is 7.66. The van der Waals surface area contributed by atoms with Crippen molar-refractivity contribution < 1.29 is 26.0 Å². The lowest BCUT2D eigenvalue weighted by Gasteiger charge is -2.17. The van der Waals surface area contributed by atoms with Crippen LogP contribution in [-0.2, 0) is 10.0 Å². The molecule has 0 amide bonds. The molecule has 13 heteroatoms. The van der Waals surface area contributed by atoms with Gasteiger partial charge in [-0.2, -0.15) is 23.2 Å². The van der Waals surface area contributed by atoms with Gasteiger partial charge in [0.25, 0.3) is 0 Å². The van der Waals surface area contributed by atoms with E-state index in [9.17, 15) is 31.2 Å². The van der Waals surface area contributed by atoms with Crippen LogP contribution < -0.4 is 4.72 Å². The summed E-state index contributed by atoms with van der Waals surface area (Å²) >= 11 is 0. The van der Waals surface area contributed by atoms with Gasteiger partial charge < -0.3 is 0 Å². The van der Waals surface area contributed by atoms with Gasteiger partial charge in [-0.05, 0) is 38.1 Å². The first-order valence-electron chi connectivity index (χ1n) is 10.0. The minimum absolute atomic E-state index is 0.0379. The molecule has 0 aliphatic heterocycles. The Morgan fingerprint density at radius 1 is 1.09 bits per heavy atom. The van der Waals surface area contributed by atoms with Gasteiger partial charge in [0.1, 0.15) is 17.0 Å².